The third-order valence-corrected chi connectivity index (χ3v) is 5.03. The van der Waals surface area contributed by atoms with E-state index in [1.807, 2.05) is 0 Å². The third-order valence-electron chi connectivity index (χ3n) is 4.29. The Morgan fingerprint density at radius 3 is 2.12 bits per heavy atom. The number of nitrogens with zero attached hydrogens (tertiary/aromatic N) is 3. The van der Waals surface area contributed by atoms with E-state index in [0.717, 1.165) is 0 Å². The summed E-state index contributed by atoms with van der Waals surface area (Å²) in [5, 5.41) is 3.63. The van der Waals surface area contributed by atoms with Crippen LogP contribution in [0.3, 0.4) is 0 Å². The van der Waals surface area contributed by atoms with E-state index in [1.54, 1.807) is 32.9 Å². The van der Waals surface area contributed by atoms with Crippen LogP contribution in [0.25, 0.3) is 0 Å². The number of ether oxygens (including phenoxy) is 1. The minimum absolute atomic E-state index is 0.0211. The number of anilines is 1. The minimum Gasteiger partial charge on any atom is -0.378 e. The molecule has 0 unspecified atom stereocenters. The Labute approximate surface area is 156 Å². The van der Waals surface area contributed by atoms with Crippen molar-refractivity contribution in [2.75, 3.05) is 57.8 Å². The molecule has 1 aromatic rings. The number of carbonyl (C=O) groups excluding carboxylic acids is 2. The van der Waals surface area contributed by atoms with Gasteiger partial charge in [-0.15, -0.1) is 0 Å². The Morgan fingerprint density at radius 1 is 0.880 bits per heavy atom. The summed E-state index contributed by atoms with van der Waals surface area (Å²) in [6.07, 6.45) is 0. The zero-order valence-corrected chi connectivity index (χ0v) is 15.2. The number of hydrogen-bond acceptors (Lipinski definition) is 3. The maximum Gasteiger partial charge on any atom is 0.321 e. The summed E-state index contributed by atoms with van der Waals surface area (Å²) >= 11 is 11.8. The maximum atomic E-state index is 12.4. The van der Waals surface area contributed by atoms with Gasteiger partial charge in [0.15, 0.2) is 0 Å². The fourth-order valence-electron chi connectivity index (χ4n) is 2.83. The molecule has 0 saturated carbocycles. The van der Waals surface area contributed by atoms with Gasteiger partial charge in [0.1, 0.15) is 0 Å². The second-order valence-corrected chi connectivity index (χ2v) is 6.73. The van der Waals surface area contributed by atoms with Crippen molar-refractivity contribution in [2.45, 2.75) is 0 Å². The van der Waals surface area contributed by atoms with Gasteiger partial charge in [0, 0.05) is 45.0 Å². The van der Waals surface area contributed by atoms with Gasteiger partial charge in [-0.05, 0) is 18.2 Å². The highest BCUT2D eigenvalue weighted by Gasteiger charge is 2.28. The molecule has 2 fully saturated rings. The van der Waals surface area contributed by atoms with Crippen LogP contribution in [0, 0.1) is 0 Å². The van der Waals surface area contributed by atoms with Gasteiger partial charge in [-0.3, -0.25) is 0 Å². The first-order chi connectivity index (χ1) is 12.0. The molecular weight excluding hydrogens is 367 g/mol. The van der Waals surface area contributed by atoms with Crippen LogP contribution in [0.15, 0.2) is 18.2 Å². The first-order valence-electron chi connectivity index (χ1n) is 8.17. The maximum absolute atomic E-state index is 12.4. The van der Waals surface area contributed by atoms with Crippen LogP contribution in [-0.2, 0) is 4.74 Å². The highest BCUT2D eigenvalue weighted by molar-refractivity contribution is 6.42. The van der Waals surface area contributed by atoms with Crippen molar-refractivity contribution in [3.8, 4) is 0 Å². The fourth-order valence-corrected chi connectivity index (χ4v) is 3.13. The first-order valence-corrected chi connectivity index (χ1v) is 8.93. The largest absolute Gasteiger partial charge is 0.378 e. The molecule has 136 valence electrons. The minimum atomic E-state index is -0.211. The normalized spacial score (nSPS) is 18.2. The van der Waals surface area contributed by atoms with E-state index in [4.69, 9.17) is 27.9 Å². The van der Waals surface area contributed by atoms with Crippen LogP contribution in [0.1, 0.15) is 0 Å². The molecule has 3 rings (SSSR count). The second kappa shape index (κ2) is 8.12. The highest BCUT2D eigenvalue weighted by atomic mass is 35.5. The molecular formula is C16H20Cl2N4O3. The summed E-state index contributed by atoms with van der Waals surface area (Å²) in [5.41, 5.74) is 0.589. The summed E-state index contributed by atoms with van der Waals surface area (Å²) in [7, 11) is 0. The molecule has 2 heterocycles. The number of rotatable bonds is 1. The number of benzene rings is 1. The van der Waals surface area contributed by atoms with Gasteiger partial charge in [-0.1, -0.05) is 23.2 Å². The number of hydrogen-bond donors (Lipinski definition) is 1. The van der Waals surface area contributed by atoms with Crippen molar-refractivity contribution in [1.82, 2.24) is 14.7 Å². The van der Waals surface area contributed by atoms with E-state index in [1.165, 1.54) is 0 Å². The number of urea groups is 2. The van der Waals surface area contributed by atoms with Gasteiger partial charge in [-0.25, -0.2) is 9.59 Å². The average Bonchev–Trinajstić information content (AvgIpc) is 2.65. The van der Waals surface area contributed by atoms with Crippen LogP contribution >= 0.6 is 23.2 Å². The molecule has 0 bridgehead atoms. The van der Waals surface area contributed by atoms with Crippen LogP contribution in [0.5, 0.6) is 0 Å². The van der Waals surface area contributed by atoms with Crippen molar-refractivity contribution in [2.24, 2.45) is 0 Å². The smallest absolute Gasteiger partial charge is 0.321 e. The summed E-state index contributed by atoms with van der Waals surface area (Å²) in [4.78, 5) is 30.1. The van der Waals surface area contributed by atoms with E-state index in [2.05, 4.69) is 5.32 Å². The lowest BCUT2D eigenvalue weighted by molar-refractivity contribution is 0.0394. The Bertz CT molecular complexity index is 644. The number of nitrogens with one attached hydrogen (secondary N) is 1. The van der Waals surface area contributed by atoms with Crippen molar-refractivity contribution in [1.29, 1.82) is 0 Å². The van der Waals surface area contributed by atoms with Crippen molar-refractivity contribution in [3.63, 3.8) is 0 Å². The summed E-state index contributed by atoms with van der Waals surface area (Å²) in [5.74, 6) is 0. The topological polar surface area (TPSA) is 65.1 Å². The van der Waals surface area contributed by atoms with E-state index in [0.29, 0.717) is 68.2 Å². The molecule has 0 atom stereocenters. The Hall–Kier alpha value is -1.70. The molecule has 2 aliphatic heterocycles. The molecule has 1 aromatic carbocycles. The van der Waals surface area contributed by atoms with Crippen LogP contribution < -0.4 is 5.32 Å². The number of carbonyl (C=O) groups is 2. The molecule has 0 radical (unpaired) electrons. The molecule has 0 aliphatic carbocycles. The quantitative estimate of drug-likeness (QED) is 0.806. The lowest BCUT2D eigenvalue weighted by Crippen LogP contribution is -2.56. The van der Waals surface area contributed by atoms with Gasteiger partial charge in [0.2, 0.25) is 0 Å². The average molecular weight is 387 g/mol. The summed E-state index contributed by atoms with van der Waals surface area (Å²) < 4.78 is 5.27. The predicted octanol–water partition coefficient (Wildman–Crippen LogP) is 2.60. The molecule has 0 aromatic heterocycles. The highest BCUT2D eigenvalue weighted by Crippen LogP contribution is 2.25. The monoisotopic (exact) mass is 386 g/mol. The van der Waals surface area contributed by atoms with Gasteiger partial charge < -0.3 is 24.8 Å². The van der Waals surface area contributed by atoms with Crippen molar-refractivity contribution < 1.29 is 14.3 Å². The van der Waals surface area contributed by atoms with Gasteiger partial charge >= 0.3 is 12.1 Å². The number of amides is 4. The Balaban J connectivity index is 1.50. The lowest BCUT2D eigenvalue weighted by atomic mass is 10.3. The predicted molar refractivity (Wildman–Crippen MR) is 96.4 cm³/mol. The van der Waals surface area contributed by atoms with E-state index in [9.17, 15) is 9.59 Å². The molecule has 0 spiro atoms. The van der Waals surface area contributed by atoms with Crippen LogP contribution in [0.2, 0.25) is 10.0 Å². The van der Waals surface area contributed by atoms with Crippen LogP contribution in [0.4, 0.5) is 15.3 Å². The molecule has 1 N–H and O–H groups in total. The third kappa shape index (κ3) is 4.48. The number of halogens is 2. The standard InChI is InChI=1S/C16H20Cl2N4O3/c17-13-2-1-12(11-14(13)18)19-15(23)20-3-5-21(6-4-20)16(24)22-7-9-25-10-8-22/h1-2,11H,3-10H2,(H,19,23). The Morgan fingerprint density at radius 2 is 1.48 bits per heavy atom. The van der Waals surface area contributed by atoms with Gasteiger partial charge in [0.05, 0.1) is 23.3 Å². The molecule has 7 nitrogen and oxygen atoms in total. The summed E-state index contributed by atoms with van der Waals surface area (Å²) in [6, 6.07) is 4.76. The van der Waals surface area contributed by atoms with E-state index < -0.39 is 0 Å². The molecule has 2 saturated heterocycles. The molecule has 25 heavy (non-hydrogen) atoms. The molecule has 9 heteroatoms. The number of morpholine rings is 1. The van der Waals surface area contributed by atoms with Gasteiger partial charge in [-0.2, -0.15) is 0 Å². The lowest BCUT2D eigenvalue weighted by Gasteiger charge is -2.38. The molecule has 4 amide bonds. The Kier molecular flexibility index (Phi) is 5.88. The fraction of sp³-hybridized carbons (Fsp3) is 0.500. The summed E-state index contributed by atoms with van der Waals surface area (Å²) in [6.45, 7) is 4.42. The zero-order chi connectivity index (χ0) is 17.8. The second-order valence-electron chi connectivity index (χ2n) is 5.92. The van der Waals surface area contributed by atoms with E-state index >= 15 is 0 Å². The van der Waals surface area contributed by atoms with E-state index in [-0.39, 0.29) is 12.1 Å². The molecule has 2 aliphatic rings. The SMILES string of the molecule is O=C(Nc1ccc(Cl)c(Cl)c1)N1CCN(C(=O)N2CCOCC2)CC1. The number of piperazine rings is 1. The zero-order valence-electron chi connectivity index (χ0n) is 13.7. The van der Waals surface area contributed by atoms with Crippen molar-refractivity contribution in [3.05, 3.63) is 28.2 Å². The van der Waals surface area contributed by atoms with Crippen LogP contribution in [-0.4, -0.2) is 79.2 Å². The van der Waals surface area contributed by atoms with Crippen molar-refractivity contribution >= 4 is 41.0 Å². The first kappa shape index (κ1) is 18.1. The van der Waals surface area contributed by atoms with Gasteiger partial charge in [0.25, 0.3) is 0 Å².